The molecule has 1 rings (SSSR count). The first-order valence-corrected chi connectivity index (χ1v) is 4.65. The van der Waals surface area contributed by atoms with E-state index in [0.29, 0.717) is 0 Å². The number of allylic oxidation sites excluding steroid dienone is 1. The van der Waals surface area contributed by atoms with Gasteiger partial charge in [-0.05, 0) is 30.4 Å². The van der Waals surface area contributed by atoms with Crippen molar-refractivity contribution in [1.29, 1.82) is 0 Å². The van der Waals surface area contributed by atoms with Gasteiger partial charge in [-0.1, -0.05) is 31.2 Å². The van der Waals surface area contributed by atoms with Crippen molar-refractivity contribution in [2.75, 3.05) is 0 Å². The Morgan fingerprint density at radius 3 is 2.69 bits per heavy atom. The number of benzene rings is 1. The quantitative estimate of drug-likeness (QED) is 0.613. The zero-order valence-electron chi connectivity index (χ0n) is 7.96. The third kappa shape index (κ3) is 2.41. The molecule has 0 fully saturated rings. The van der Waals surface area contributed by atoms with E-state index in [1.165, 1.54) is 6.07 Å². The second kappa shape index (κ2) is 4.80. The molecule has 0 saturated heterocycles. The van der Waals surface area contributed by atoms with Crippen LogP contribution < -0.4 is 0 Å². The molecule has 0 N–H and O–H groups in total. The van der Waals surface area contributed by atoms with Crippen molar-refractivity contribution in [1.82, 2.24) is 0 Å². The molecule has 0 radical (unpaired) electrons. The standard InChI is InChI=1S/C12H15F/c1-3-7-10(4-2)11-8-5-6-9-12(11)13/h3,5-6,8-10H,1,4,7H2,2H3. The van der Waals surface area contributed by atoms with Gasteiger partial charge in [-0.2, -0.15) is 0 Å². The Kier molecular flexibility index (Phi) is 3.69. The van der Waals surface area contributed by atoms with Crippen molar-refractivity contribution in [3.05, 3.63) is 48.3 Å². The first-order chi connectivity index (χ1) is 6.29. The fourth-order valence-corrected chi connectivity index (χ4v) is 1.52. The van der Waals surface area contributed by atoms with E-state index in [-0.39, 0.29) is 11.7 Å². The molecule has 0 nitrogen and oxygen atoms in total. The molecule has 0 aliphatic carbocycles. The lowest BCUT2D eigenvalue weighted by molar-refractivity contribution is 0.569. The second-order valence-corrected chi connectivity index (χ2v) is 3.15. The summed E-state index contributed by atoms with van der Waals surface area (Å²) in [6.45, 7) is 5.75. The molecule has 1 atom stereocenters. The highest BCUT2D eigenvalue weighted by molar-refractivity contribution is 5.22. The summed E-state index contributed by atoms with van der Waals surface area (Å²) in [5.74, 6) is 0.176. The van der Waals surface area contributed by atoms with E-state index in [9.17, 15) is 4.39 Å². The topological polar surface area (TPSA) is 0 Å². The highest BCUT2D eigenvalue weighted by atomic mass is 19.1. The second-order valence-electron chi connectivity index (χ2n) is 3.15. The Hall–Kier alpha value is -1.11. The van der Waals surface area contributed by atoms with E-state index in [1.807, 2.05) is 18.2 Å². The van der Waals surface area contributed by atoms with Gasteiger partial charge in [0.25, 0.3) is 0 Å². The average molecular weight is 178 g/mol. The molecule has 13 heavy (non-hydrogen) atoms. The van der Waals surface area contributed by atoms with Gasteiger partial charge in [0.05, 0.1) is 0 Å². The highest BCUT2D eigenvalue weighted by Gasteiger charge is 2.10. The summed E-state index contributed by atoms with van der Waals surface area (Å²) in [6, 6.07) is 6.97. The number of halogens is 1. The average Bonchev–Trinajstić information content (AvgIpc) is 2.16. The van der Waals surface area contributed by atoms with Crippen LogP contribution in [0.4, 0.5) is 4.39 Å². The van der Waals surface area contributed by atoms with Crippen molar-refractivity contribution in [3.8, 4) is 0 Å². The molecule has 0 amide bonds. The zero-order chi connectivity index (χ0) is 9.68. The Morgan fingerprint density at radius 2 is 2.15 bits per heavy atom. The zero-order valence-corrected chi connectivity index (χ0v) is 7.96. The summed E-state index contributed by atoms with van der Waals surface area (Å²) < 4.78 is 13.3. The predicted octanol–water partition coefficient (Wildman–Crippen LogP) is 3.90. The monoisotopic (exact) mass is 178 g/mol. The summed E-state index contributed by atoms with van der Waals surface area (Å²) in [5.41, 5.74) is 0.810. The van der Waals surface area contributed by atoms with Crippen LogP contribution in [0.25, 0.3) is 0 Å². The maximum atomic E-state index is 13.3. The minimum Gasteiger partial charge on any atom is -0.207 e. The van der Waals surface area contributed by atoms with Crippen LogP contribution in [0, 0.1) is 5.82 Å². The maximum absolute atomic E-state index is 13.3. The van der Waals surface area contributed by atoms with Gasteiger partial charge >= 0.3 is 0 Å². The van der Waals surface area contributed by atoms with E-state index >= 15 is 0 Å². The largest absolute Gasteiger partial charge is 0.207 e. The van der Waals surface area contributed by atoms with Crippen molar-refractivity contribution in [3.63, 3.8) is 0 Å². The minimum absolute atomic E-state index is 0.101. The van der Waals surface area contributed by atoms with Gasteiger partial charge in [-0.25, -0.2) is 4.39 Å². The molecule has 0 heterocycles. The molecule has 0 aliphatic rings. The third-order valence-corrected chi connectivity index (χ3v) is 2.29. The van der Waals surface area contributed by atoms with Gasteiger partial charge in [-0.15, -0.1) is 6.58 Å². The molecule has 1 aromatic carbocycles. The smallest absolute Gasteiger partial charge is 0.126 e. The molecule has 0 aliphatic heterocycles. The first kappa shape index (κ1) is 9.97. The summed E-state index contributed by atoms with van der Waals surface area (Å²) >= 11 is 0. The van der Waals surface area contributed by atoms with Gasteiger partial charge in [-0.3, -0.25) is 0 Å². The SMILES string of the molecule is C=CCC(CC)c1ccccc1F. The fraction of sp³-hybridized carbons (Fsp3) is 0.333. The Bertz CT molecular complexity index is 278. The minimum atomic E-state index is -0.101. The van der Waals surface area contributed by atoms with E-state index < -0.39 is 0 Å². The van der Waals surface area contributed by atoms with Crippen LogP contribution in [-0.4, -0.2) is 0 Å². The van der Waals surface area contributed by atoms with Crippen molar-refractivity contribution >= 4 is 0 Å². The Labute approximate surface area is 79.1 Å². The lowest BCUT2D eigenvalue weighted by Crippen LogP contribution is -1.98. The van der Waals surface area contributed by atoms with Gasteiger partial charge in [0.2, 0.25) is 0 Å². The molecule has 1 heteroatoms. The number of rotatable bonds is 4. The third-order valence-electron chi connectivity index (χ3n) is 2.29. The molecular formula is C12H15F. The number of hydrogen-bond acceptors (Lipinski definition) is 0. The summed E-state index contributed by atoms with van der Waals surface area (Å²) in [4.78, 5) is 0. The highest BCUT2D eigenvalue weighted by Crippen LogP contribution is 2.25. The molecule has 0 bridgehead atoms. The van der Waals surface area contributed by atoms with Crippen molar-refractivity contribution in [2.45, 2.75) is 25.7 Å². The molecule has 0 aromatic heterocycles. The summed E-state index contributed by atoms with van der Waals surface area (Å²) in [6.07, 6.45) is 3.64. The molecule has 0 saturated carbocycles. The Balaban J connectivity index is 2.90. The van der Waals surface area contributed by atoms with Gasteiger partial charge in [0.15, 0.2) is 0 Å². The van der Waals surface area contributed by atoms with Crippen molar-refractivity contribution < 1.29 is 4.39 Å². The van der Waals surface area contributed by atoms with E-state index in [1.54, 1.807) is 6.07 Å². The van der Waals surface area contributed by atoms with Crippen LogP contribution in [0.15, 0.2) is 36.9 Å². The van der Waals surface area contributed by atoms with Crippen LogP contribution in [0.5, 0.6) is 0 Å². The van der Waals surface area contributed by atoms with Crippen LogP contribution >= 0.6 is 0 Å². The lowest BCUT2D eigenvalue weighted by atomic mass is 9.93. The molecule has 0 spiro atoms. The van der Waals surface area contributed by atoms with Gasteiger partial charge < -0.3 is 0 Å². The van der Waals surface area contributed by atoms with E-state index in [0.717, 1.165) is 18.4 Å². The summed E-state index contributed by atoms with van der Waals surface area (Å²) in [5, 5.41) is 0. The van der Waals surface area contributed by atoms with Gasteiger partial charge in [0, 0.05) is 0 Å². The van der Waals surface area contributed by atoms with Crippen LogP contribution in [-0.2, 0) is 0 Å². The normalized spacial score (nSPS) is 12.5. The maximum Gasteiger partial charge on any atom is 0.126 e. The van der Waals surface area contributed by atoms with E-state index in [4.69, 9.17) is 0 Å². The van der Waals surface area contributed by atoms with Crippen molar-refractivity contribution in [2.24, 2.45) is 0 Å². The lowest BCUT2D eigenvalue weighted by Gasteiger charge is -2.13. The molecular weight excluding hydrogens is 163 g/mol. The predicted molar refractivity (Wildman–Crippen MR) is 54.2 cm³/mol. The fourth-order valence-electron chi connectivity index (χ4n) is 1.52. The van der Waals surface area contributed by atoms with Crippen LogP contribution in [0.2, 0.25) is 0 Å². The van der Waals surface area contributed by atoms with E-state index in [2.05, 4.69) is 13.5 Å². The van der Waals surface area contributed by atoms with Crippen LogP contribution in [0.3, 0.4) is 0 Å². The summed E-state index contributed by atoms with van der Waals surface area (Å²) in [7, 11) is 0. The molecule has 1 unspecified atom stereocenters. The first-order valence-electron chi connectivity index (χ1n) is 4.65. The van der Waals surface area contributed by atoms with Gasteiger partial charge in [0.1, 0.15) is 5.82 Å². The molecule has 1 aromatic rings. The number of hydrogen-bond donors (Lipinski definition) is 0. The van der Waals surface area contributed by atoms with Crippen LogP contribution in [0.1, 0.15) is 31.2 Å². The molecule has 70 valence electrons. The Morgan fingerprint density at radius 1 is 1.46 bits per heavy atom.